The summed E-state index contributed by atoms with van der Waals surface area (Å²) in [4.78, 5) is 0. The Morgan fingerprint density at radius 3 is 1.96 bits per heavy atom. The molecule has 1 aromatic heterocycles. The summed E-state index contributed by atoms with van der Waals surface area (Å²) in [6.07, 6.45) is 0. The second-order valence-electron chi connectivity index (χ2n) is 8.57. The Hall–Kier alpha value is -1.67. The third-order valence-electron chi connectivity index (χ3n) is 4.76. The molecule has 132 valence electrons. The summed E-state index contributed by atoms with van der Waals surface area (Å²) in [7, 11) is 0. The minimum absolute atomic E-state index is 0.197. The summed E-state index contributed by atoms with van der Waals surface area (Å²) in [5, 5.41) is 1.46. The molecule has 0 radical (unpaired) electrons. The summed E-state index contributed by atoms with van der Waals surface area (Å²) in [5.41, 5.74) is 5.54. The monoisotopic (exact) mass is 352 g/mol. The normalized spacial score (nSPS) is 12.5. The lowest BCUT2D eigenvalue weighted by Crippen LogP contribution is -2.39. The van der Waals surface area contributed by atoms with Crippen molar-refractivity contribution >= 4 is 21.6 Å². The van der Waals surface area contributed by atoms with E-state index in [1.54, 1.807) is 0 Å². The Morgan fingerprint density at radius 2 is 1.44 bits per heavy atom. The molecule has 0 aliphatic heterocycles. The molecule has 0 saturated carbocycles. The zero-order valence-corrected chi connectivity index (χ0v) is 17.4. The van der Waals surface area contributed by atoms with Crippen LogP contribution in [-0.2, 0) is 5.41 Å². The molecule has 2 heteroatoms. The van der Waals surface area contributed by atoms with Crippen molar-refractivity contribution in [3.8, 4) is 11.1 Å². The van der Waals surface area contributed by atoms with Crippen LogP contribution in [0.25, 0.3) is 21.3 Å². The first-order valence-corrected chi connectivity index (χ1v) is 10.1. The number of nitrogens with zero attached hydrogens (tertiary/aromatic N) is 1. The standard InChI is InChI=1S/C23H30NS/c1-15(2)22-24(16(3)4)20-14-18(10-13-21(20)25-22)17-8-11-19(12-9-17)23(5,6)7/h8-16H,1-7H3/q+1. The summed E-state index contributed by atoms with van der Waals surface area (Å²) >= 11 is 1.93. The molecule has 0 aliphatic carbocycles. The first kappa shape index (κ1) is 18.1. The van der Waals surface area contributed by atoms with E-state index >= 15 is 0 Å². The fourth-order valence-electron chi connectivity index (χ4n) is 3.34. The van der Waals surface area contributed by atoms with Crippen molar-refractivity contribution < 1.29 is 4.57 Å². The quantitative estimate of drug-likeness (QED) is 0.453. The van der Waals surface area contributed by atoms with Gasteiger partial charge in [0.15, 0.2) is 6.04 Å². The Kier molecular flexibility index (Phi) is 4.76. The first-order chi connectivity index (χ1) is 11.7. The molecule has 3 aromatic rings. The van der Waals surface area contributed by atoms with Crippen molar-refractivity contribution in [3.05, 3.63) is 53.0 Å². The van der Waals surface area contributed by atoms with E-state index in [9.17, 15) is 0 Å². The van der Waals surface area contributed by atoms with E-state index in [4.69, 9.17) is 0 Å². The Morgan fingerprint density at radius 1 is 0.840 bits per heavy atom. The number of hydrogen-bond acceptors (Lipinski definition) is 1. The molecule has 1 heterocycles. The van der Waals surface area contributed by atoms with E-state index < -0.39 is 0 Å². The molecule has 25 heavy (non-hydrogen) atoms. The minimum Gasteiger partial charge on any atom is -0.184 e. The molecule has 3 rings (SSSR count). The van der Waals surface area contributed by atoms with E-state index in [1.165, 1.54) is 31.9 Å². The van der Waals surface area contributed by atoms with E-state index in [1.807, 2.05) is 11.3 Å². The maximum absolute atomic E-state index is 2.51. The fourth-order valence-corrected chi connectivity index (χ4v) is 4.61. The average Bonchev–Trinajstić information content (AvgIpc) is 2.93. The van der Waals surface area contributed by atoms with Crippen LogP contribution in [0.2, 0.25) is 0 Å². The second kappa shape index (κ2) is 6.57. The van der Waals surface area contributed by atoms with Crippen LogP contribution in [0.3, 0.4) is 0 Å². The van der Waals surface area contributed by atoms with E-state index in [2.05, 4.69) is 95.5 Å². The third kappa shape index (κ3) is 3.50. The number of thiazole rings is 1. The Balaban J connectivity index is 2.11. The molecule has 0 N–H and O–H groups in total. The molecule has 0 aliphatic rings. The maximum Gasteiger partial charge on any atom is 0.241 e. The molecule has 0 bridgehead atoms. The van der Waals surface area contributed by atoms with Crippen LogP contribution < -0.4 is 4.57 Å². The van der Waals surface area contributed by atoms with Gasteiger partial charge in [-0.1, -0.05) is 76.3 Å². The molecule has 0 amide bonds. The topological polar surface area (TPSA) is 3.88 Å². The van der Waals surface area contributed by atoms with Crippen molar-refractivity contribution in [2.75, 3.05) is 0 Å². The molecular weight excluding hydrogens is 322 g/mol. The highest BCUT2D eigenvalue weighted by molar-refractivity contribution is 7.18. The molecule has 0 atom stereocenters. The molecule has 0 spiro atoms. The van der Waals surface area contributed by atoms with E-state index in [-0.39, 0.29) is 5.41 Å². The zero-order valence-electron chi connectivity index (χ0n) is 16.6. The summed E-state index contributed by atoms with van der Waals surface area (Å²) in [5.74, 6) is 0.550. The fraction of sp³-hybridized carbons (Fsp3) is 0.435. The van der Waals surface area contributed by atoms with Crippen molar-refractivity contribution in [2.24, 2.45) is 0 Å². The van der Waals surface area contributed by atoms with Crippen molar-refractivity contribution in [2.45, 2.75) is 65.8 Å². The summed E-state index contributed by atoms with van der Waals surface area (Å²) in [6.45, 7) is 15.9. The first-order valence-electron chi connectivity index (χ1n) is 9.27. The second-order valence-corrected chi connectivity index (χ2v) is 9.63. The van der Waals surface area contributed by atoms with Crippen molar-refractivity contribution in [1.82, 2.24) is 0 Å². The Bertz CT molecular complexity index is 877. The lowest BCUT2D eigenvalue weighted by Gasteiger charge is -2.19. The Labute approximate surface area is 156 Å². The van der Waals surface area contributed by atoms with Gasteiger partial charge in [0.05, 0.1) is 0 Å². The van der Waals surface area contributed by atoms with Gasteiger partial charge in [-0.2, -0.15) is 4.57 Å². The van der Waals surface area contributed by atoms with Crippen molar-refractivity contribution in [1.29, 1.82) is 0 Å². The van der Waals surface area contributed by atoms with Crippen LogP contribution in [0.5, 0.6) is 0 Å². The highest BCUT2D eigenvalue weighted by atomic mass is 32.1. The number of fused-ring (bicyclic) bond motifs is 1. The lowest BCUT2D eigenvalue weighted by molar-refractivity contribution is -0.695. The smallest absolute Gasteiger partial charge is 0.184 e. The van der Waals surface area contributed by atoms with Crippen LogP contribution in [0.4, 0.5) is 0 Å². The number of rotatable bonds is 3. The van der Waals surface area contributed by atoms with Gasteiger partial charge in [-0.25, -0.2) is 0 Å². The molecular formula is C23H30NS+. The molecule has 0 saturated heterocycles. The largest absolute Gasteiger partial charge is 0.241 e. The van der Waals surface area contributed by atoms with E-state index in [0.717, 1.165) is 0 Å². The van der Waals surface area contributed by atoms with Crippen LogP contribution >= 0.6 is 11.3 Å². The highest BCUT2D eigenvalue weighted by Crippen LogP contribution is 2.32. The van der Waals surface area contributed by atoms with Gasteiger partial charge in [0.1, 0.15) is 4.70 Å². The summed E-state index contributed by atoms with van der Waals surface area (Å²) in [6, 6.07) is 16.5. The van der Waals surface area contributed by atoms with Gasteiger partial charge in [0.25, 0.3) is 0 Å². The zero-order chi connectivity index (χ0) is 18.4. The van der Waals surface area contributed by atoms with Gasteiger partial charge in [-0.05, 0) is 42.0 Å². The van der Waals surface area contributed by atoms with Gasteiger partial charge in [0.2, 0.25) is 10.5 Å². The lowest BCUT2D eigenvalue weighted by atomic mass is 9.86. The average molecular weight is 353 g/mol. The molecule has 0 fully saturated rings. The number of hydrogen-bond donors (Lipinski definition) is 0. The number of aromatic nitrogens is 1. The molecule has 1 nitrogen and oxygen atoms in total. The molecule has 2 aromatic carbocycles. The van der Waals surface area contributed by atoms with Crippen LogP contribution in [0, 0.1) is 0 Å². The van der Waals surface area contributed by atoms with Gasteiger partial charge >= 0.3 is 0 Å². The predicted octanol–water partition coefficient (Wildman–Crippen LogP) is 6.86. The van der Waals surface area contributed by atoms with Gasteiger partial charge in [-0.15, -0.1) is 0 Å². The van der Waals surface area contributed by atoms with Gasteiger partial charge < -0.3 is 0 Å². The van der Waals surface area contributed by atoms with Crippen molar-refractivity contribution in [3.63, 3.8) is 0 Å². The molecule has 0 unspecified atom stereocenters. The van der Waals surface area contributed by atoms with Gasteiger partial charge in [0, 0.05) is 12.0 Å². The maximum atomic E-state index is 2.51. The highest BCUT2D eigenvalue weighted by Gasteiger charge is 2.25. The SMILES string of the molecule is CC(C)c1sc2ccc(-c3ccc(C(C)(C)C)cc3)cc2[n+]1C(C)C. The predicted molar refractivity (Wildman–Crippen MR) is 111 cm³/mol. The number of benzene rings is 2. The van der Waals surface area contributed by atoms with Crippen LogP contribution in [-0.4, -0.2) is 0 Å². The van der Waals surface area contributed by atoms with E-state index in [0.29, 0.717) is 12.0 Å². The minimum atomic E-state index is 0.197. The van der Waals surface area contributed by atoms with Gasteiger partial charge in [-0.3, -0.25) is 0 Å². The van der Waals surface area contributed by atoms with Crippen LogP contribution in [0.1, 0.15) is 71.0 Å². The van der Waals surface area contributed by atoms with Crippen LogP contribution in [0.15, 0.2) is 42.5 Å². The third-order valence-corrected chi connectivity index (χ3v) is 6.21. The summed E-state index contributed by atoms with van der Waals surface area (Å²) < 4.78 is 3.89.